The number of aryl methyl sites for hydroxylation is 1. The van der Waals surface area contributed by atoms with Crippen molar-refractivity contribution in [2.75, 3.05) is 16.8 Å². The fourth-order valence-electron chi connectivity index (χ4n) is 4.98. The highest BCUT2D eigenvalue weighted by molar-refractivity contribution is 5.96. The third-order valence-corrected chi connectivity index (χ3v) is 6.70. The number of anilines is 2. The second-order valence-corrected chi connectivity index (χ2v) is 10.1. The average Bonchev–Trinajstić information content (AvgIpc) is 2.83. The summed E-state index contributed by atoms with van der Waals surface area (Å²) in [5, 5.41) is 3.06. The summed E-state index contributed by atoms with van der Waals surface area (Å²) in [4.78, 5) is 26.5. The van der Waals surface area contributed by atoms with Gasteiger partial charge in [-0.3, -0.25) is 9.59 Å². The number of hydrogen-bond donors (Lipinski definition) is 1. The number of halogens is 1. The molecule has 1 saturated carbocycles. The molecule has 1 fully saturated rings. The van der Waals surface area contributed by atoms with Crippen molar-refractivity contribution in [1.29, 1.82) is 0 Å². The van der Waals surface area contributed by atoms with Gasteiger partial charge in [-0.05, 0) is 67.0 Å². The number of nitrogens with one attached hydrogen (secondary N) is 1. The monoisotopic (exact) mass is 482 g/mol. The summed E-state index contributed by atoms with van der Waals surface area (Å²) in [6.45, 7) is 9.52. The van der Waals surface area contributed by atoms with Crippen molar-refractivity contribution >= 4 is 23.8 Å². The lowest BCUT2D eigenvalue weighted by Gasteiger charge is -2.38. The number of ether oxygens (including phenoxy) is 1. The van der Waals surface area contributed by atoms with E-state index < -0.39 is 0 Å². The van der Waals surface area contributed by atoms with E-state index in [-0.39, 0.29) is 24.2 Å². The molecule has 190 valence electrons. The highest BCUT2D eigenvalue weighted by Gasteiger charge is 2.26. The Balaban J connectivity index is 1.96. The van der Waals surface area contributed by atoms with Crippen molar-refractivity contribution in [3.63, 3.8) is 0 Å². The first-order chi connectivity index (χ1) is 16.8. The van der Waals surface area contributed by atoms with E-state index in [1.54, 1.807) is 6.07 Å². The predicted octanol–water partition coefficient (Wildman–Crippen LogP) is 6.73. The van der Waals surface area contributed by atoms with E-state index in [9.17, 15) is 14.0 Å². The number of hydrogen-bond acceptors (Lipinski definition) is 4. The summed E-state index contributed by atoms with van der Waals surface area (Å²) in [6, 6.07) is 11.3. The maximum Gasteiger partial charge on any atom is 0.293 e. The zero-order valence-electron chi connectivity index (χ0n) is 21.5. The maximum absolute atomic E-state index is 14.4. The standard InChI is InChI=1S/C29H39FN2O3/c1-5-28(35-19-33)23-13-14-27(32(18-20(2)3)24-9-7-6-8-10-24)26(16-23)31-29(34)17-22-12-11-21(4)15-25(22)30/h11-16,19-20,24,28H,5-10,17-18H2,1-4H3,(H,31,34). The Morgan fingerprint density at radius 3 is 2.54 bits per heavy atom. The Kier molecular flexibility index (Phi) is 9.70. The first kappa shape index (κ1) is 26.7. The molecule has 1 amide bonds. The molecule has 6 heteroatoms. The molecule has 0 heterocycles. The summed E-state index contributed by atoms with van der Waals surface area (Å²) in [5.74, 6) is -0.199. The number of rotatable bonds is 11. The second-order valence-electron chi connectivity index (χ2n) is 10.1. The Bertz CT molecular complexity index is 1000. The van der Waals surface area contributed by atoms with E-state index in [4.69, 9.17) is 4.74 Å². The highest BCUT2D eigenvalue weighted by atomic mass is 19.1. The summed E-state index contributed by atoms with van der Waals surface area (Å²) in [5.41, 5.74) is 3.66. The summed E-state index contributed by atoms with van der Waals surface area (Å²) < 4.78 is 19.7. The number of benzene rings is 2. The minimum atomic E-state index is -0.389. The molecule has 3 rings (SSSR count). The van der Waals surface area contributed by atoms with Gasteiger partial charge in [0, 0.05) is 12.6 Å². The minimum Gasteiger partial charge on any atom is -0.460 e. The van der Waals surface area contributed by atoms with Crippen molar-refractivity contribution < 1.29 is 18.7 Å². The summed E-state index contributed by atoms with van der Waals surface area (Å²) in [7, 11) is 0. The number of nitrogens with zero attached hydrogens (tertiary/aromatic N) is 1. The third kappa shape index (κ3) is 7.30. The van der Waals surface area contributed by atoms with Gasteiger partial charge in [0.25, 0.3) is 6.47 Å². The van der Waals surface area contributed by atoms with Gasteiger partial charge in [-0.1, -0.05) is 58.2 Å². The average molecular weight is 483 g/mol. The third-order valence-electron chi connectivity index (χ3n) is 6.70. The van der Waals surface area contributed by atoms with Gasteiger partial charge < -0.3 is 15.0 Å². The van der Waals surface area contributed by atoms with Crippen LogP contribution in [0.2, 0.25) is 0 Å². The van der Waals surface area contributed by atoms with Crippen LogP contribution in [0.5, 0.6) is 0 Å². The summed E-state index contributed by atoms with van der Waals surface area (Å²) >= 11 is 0. The van der Waals surface area contributed by atoms with Gasteiger partial charge >= 0.3 is 0 Å². The second kappa shape index (κ2) is 12.7. The van der Waals surface area contributed by atoms with Crippen LogP contribution in [-0.2, 0) is 20.7 Å². The minimum absolute atomic E-state index is 0.0502. The fraction of sp³-hybridized carbons (Fsp3) is 0.517. The van der Waals surface area contributed by atoms with Crippen molar-refractivity contribution in [2.24, 2.45) is 5.92 Å². The molecule has 1 atom stereocenters. The van der Waals surface area contributed by atoms with E-state index in [0.717, 1.165) is 36.2 Å². The molecular formula is C29H39FN2O3. The van der Waals surface area contributed by atoms with Crippen molar-refractivity contribution in [3.8, 4) is 0 Å². The topological polar surface area (TPSA) is 58.6 Å². The molecular weight excluding hydrogens is 443 g/mol. The van der Waals surface area contributed by atoms with Crippen LogP contribution in [0.3, 0.4) is 0 Å². The molecule has 1 aliphatic carbocycles. The van der Waals surface area contributed by atoms with E-state index in [1.165, 1.54) is 25.3 Å². The van der Waals surface area contributed by atoms with Crippen LogP contribution in [0.4, 0.5) is 15.8 Å². The van der Waals surface area contributed by atoms with Crippen molar-refractivity contribution in [3.05, 3.63) is 58.9 Å². The molecule has 0 aromatic heterocycles. The Hall–Kier alpha value is -2.89. The molecule has 1 unspecified atom stereocenters. The molecule has 0 spiro atoms. The summed E-state index contributed by atoms with van der Waals surface area (Å²) in [6.07, 6.45) is 6.11. The quantitative estimate of drug-likeness (QED) is 0.361. The molecule has 0 aliphatic heterocycles. The van der Waals surface area contributed by atoms with Crippen LogP contribution in [0, 0.1) is 18.7 Å². The van der Waals surface area contributed by atoms with E-state index >= 15 is 0 Å². The lowest BCUT2D eigenvalue weighted by molar-refractivity contribution is -0.134. The first-order valence-corrected chi connectivity index (χ1v) is 12.9. The van der Waals surface area contributed by atoms with Crippen LogP contribution in [0.25, 0.3) is 0 Å². The van der Waals surface area contributed by atoms with Gasteiger partial charge in [-0.25, -0.2) is 4.39 Å². The lowest BCUT2D eigenvalue weighted by Crippen LogP contribution is -2.40. The van der Waals surface area contributed by atoms with Crippen molar-refractivity contribution in [2.45, 2.75) is 84.8 Å². The number of carbonyl (C=O) groups excluding carboxylic acids is 2. The Morgan fingerprint density at radius 2 is 1.91 bits per heavy atom. The maximum atomic E-state index is 14.4. The van der Waals surface area contributed by atoms with Gasteiger partial charge in [0.1, 0.15) is 11.9 Å². The largest absolute Gasteiger partial charge is 0.460 e. The van der Waals surface area contributed by atoms with Crippen molar-refractivity contribution in [1.82, 2.24) is 0 Å². The molecule has 0 saturated heterocycles. The zero-order valence-corrected chi connectivity index (χ0v) is 21.5. The molecule has 1 N–H and O–H groups in total. The van der Waals surface area contributed by atoms with Crippen LogP contribution < -0.4 is 10.2 Å². The SMILES string of the molecule is CCC(OC=O)c1ccc(N(CC(C)C)C2CCCCC2)c(NC(=O)Cc2ccc(C)cc2F)c1. The van der Waals surface area contributed by atoms with Gasteiger partial charge in [0.05, 0.1) is 17.8 Å². The Morgan fingerprint density at radius 1 is 1.17 bits per heavy atom. The first-order valence-electron chi connectivity index (χ1n) is 12.9. The predicted molar refractivity (Wildman–Crippen MR) is 139 cm³/mol. The zero-order chi connectivity index (χ0) is 25.4. The van der Waals surface area contributed by atoms with Crippen LogP contribution in [-0.4, -0.2) is 25.0 Å². The van der Waals surface area contributed by atoms with Gasteiger partial charge in [-0.15, -0.1) is 0 Å². The van der Waals surface area contributed by atoms with E-state index in [2.05, 4.69) is 24.1 Å². The van der Waals surface area contributed by atoms with Crippen LogP contribution in [0.15, 0.2) is 36.4 Å². The molecule has 0 bridgehead atoms. The normalized spacial score (nSPS) is 15.0. The number of carbonyl (C=O) groups is 2. The highest BCUT2D eigenvalue weighted by Crippen LogP contribution is 2.36. The smallest absolute Gasteiger partial charge is 0.293 e. The lowest BCUT2D eigenvalue weighted by atomic mass is 9.92. The molecule has 2 aromatic carbocycles. The van der Waals surface area contributed by atoms with Crippen LogP contribution in [0.1, 0.15) is 82.1 Å². The molecule has 0 radical (unpaired) electrons. The Labute approximate surface area is 209 Å². The van der Waals surface area contributed by atoms with Gasteiger partial charge in [0.2, 0.25) is 5.91 Å². The molecule has 2 aromatic rings. The van der Waals surface area contributed by atoms with E-state index in [0.29, 0.717) is 36.1 Å². The molecule has 5 nitrogen and oxygen atoms in total. The van der Waals surface area contributed by atoms with E-state index in [1.807, 2.05) is 38.1 Å². The van der Waals surface area contributed by atoms with Gasteiger partial charge in [0.15, 0.2) is 0 Å². The van der Waals surface area contributed by atoms with Gasteiger partial charge in [-0.2, -0.15) is 0 Å². The number of amides is 1. The molecule has 35 heavy (non-hydrogen) atoms. The molecule has 1 aliphatic rings. The fourth-order valence-corrected chi connectivity index (χ4v) is 4.98. The van der Waals surface area contributed by atoms with Crippen LogP contribution >= 0.6 is 0 Å².